The fourth-order valence-corrected chi connectivity index (χ4v) is 0.450. The zero-order chi connectivity index (χ0) is 5.98. The molecule has 1 aromatic carbocycles. The van der Waals surface area contributed by atoms with Gasteiger partial charge in [0, 0.05) is 0 Å². The molecule has 0 amide bonds. The van der Waals surface area contributed by atoms with Crippen LogP contribution in [0.5, 0.6) is 11.5 Å². The van der Waals surface area contributed by atoms with Crippen LogP contribution in [0.3, 0.4) is 0 Å². The first-order valence-corrected chi connectivity index (χ1v) is 2.24. The van der Waals surface area contributed by atoms with Crippen molar-refractivity contribution in [3.63, 3.8) is 0 Å². The third-order valence-electron chi connectivity index (χ3n) is 0.849. The van der Waals surface area contributed by atoms with Crippen LogP contribution in [0.1, 0.15) is 0 Å². The Balaban J connectivity index is 0.000000640. The molecule has 0 aliphatic carbocycles. The van der Waals surface area contributed by atoms with E-state index in [1.807, 2.05) is 0 Å². The van der Waals surface area contributed by atoms with Crippen molar-refractivity contribution in [1.29, 1.82) is 0 Å². The molecule has 3 heteroatoms. The zero-order valence-corrected chi connectivity index (χ0v) is 6.25. The fourth-order valence-electron chi connectivity index (χ4n) is 0.450. The molecule has 0 aromatic heterocycles. The SMILES string of the molecule is [Mg+2].[O-]c1ccccc1[O-]. The van der Waals surface area contributed by atoms with Crippen molar-refractivity contribution in [2.24, 2.45) is 0 Å². The Hall–Kier alpha value is -0.414. The summed E-state index contributed by atoms with van der Waals surface area (Å²) in [5.41, 5.74) is 0. The van der Waals surface area contributed by atoms with Crippen molar-refractivity contribution in [3.05, 3.63) is 24.3 Å². The Labute approximate surface area is 69.3 Å². The second-order valence-electron chi connectivity index (χ2n) is 1.45. The van der Waals surface area contributed by atoms with Gasteiger partial charge in [-0.1, -0.05) is 24.3 Å². The Morgan fingerprint density at radius 2 is 1.22 bits per heavy atom. The Kier molecular flexibility index (Phi) is 3.42. The molecule has 0 N–H and O–H groups in total. The minimum Gasteiger partial charge on any atom is -0.873 e. The first-order chi connectivity index (χ1) is 3.80. The summed E-state index contributed by atoms with van der Waals surface area (Å²) >= 11 is 0. The van der Waals surface area contributed by atoms with E-state index < -0.39 is 11.5 Å². The van der Waals surface area contributed by atoms with Gasteiger partial charge in [-0.3, -0.25) is 0 Å². The molecule has 0 spiro atoms. The second kappa shape index (κ2) is 3.58. The summed E-state index contributed by atoms with van der Waals surface area (Å²) in [6, 6.07) is 5.60. The summed E-state index contributed by atoms with van der Waals surface area (Å²) in [4.78, 5) is 0. The van der Waals surface area contributed by atoms with Crippen LogP contribution in [-0.4, -0.2) is 23.1 Å². The molecule has 1 aromatic rings. The van der Waals surface area contributed by atoms with Crippen molar-refractivity contribution in [2.75, 3.05) is 0 Å². The topological polar surface area (TPSA) is 46.1 Å². The van der Waals surface area contributed by atoms with E-state index in [4.69, 9.17) is 0 Å². The van der Waals surface area contributed by atoms with E-state index >= 15 is 0 Å². The maximum Gasteiger partial charge on any atom is 2.00 e. The molecule has 0 radical (unpaired) electrons. The van der Waals surface area contributed by atoms with Gasteiger partial charge in [0.15, 0.2) is 0 Å². The Bertz CT molecular complexity index is 167. The van der Waals surface area contributed by atoms with Crippen molar-refractivity contribution in [2.45, 2.75) is 0 Å². The number of hydrogen-bond donors (Lipinski definition) is 0. The van der Waals surface area contributed by atoms with E-state index in [1.165, 1.54) is 12.1 Å². The van der Waals surface area contributed by atoms with Crippen LogP contribution in [0.25, 0.3) is 0 Å². The molecular weight excluding hydrogens is 128 g/mol. The molecule has 2 nitrogen and oxygen atoms in total. The predicted molar refractivity (Wildman–Crippen MR) is 31.1 cm³/mol. The smallest absolute Gasteiger partial charge is 0.873 e. The molecular formula is C6H4MgO2. The van der Waals surface area contributed by atoms with E-state index in [-0.39, 0.29) is 23.1 Å². The van der Waals surface area contributed by atoms with Gasteiger partial charge in [0.1, 0.15) is 0 Å². The average Bonchev–Trinajstić information content (AvgIpc) is 1.77. The van der Waals surface area contributed by atoms with Crippen LogP contribution in [0.15, 0.2) is 24.3 Å². The molecule has 0 atom stereocenters. The number of rotatable bonds is 0. The summed E-state index contributed by atoms with van der Waals surface area (Å²) in [6.45, 7) is 0. The summed E-state index contributed by atoms with van der Waals surface area (Å²) in [5, 5.41) is 20.6. The van der Waals surface area contributed by atoms with Crippen LogP contribution >= 0.6 is 0 Å². The minimum atomic E-state index is -0.437. The molecule has 0 bridgehead atoms. The third-order valence-corrected chi connectivity index (χ3v) is 0.849. The molecule has 0 aliphatic heterocycles. The van der Waals surface area contributed by atoms with Crippen LogP contribution in [-0.2, 0) is 0 Å². The first-order valence-electron chi connectivity index (χ1n) is 2.24. The number of benzene rings is 1. The zero-order valence-electron chi connectivity index (χ0n) is 4.83. The molecule has 0 heterocycles. The molecule has 0 saturated heterocycles. The van der Waals surface area contributed by atoms with Gasteiger partial charge >= 0.3 is 23.1 Å². The molecule has 0 aliphatic rings. The number of para-hydroxylation sites is 2. The normalized spacial score (nSPS) is 8.00. The molecule has 0 saturated carbocycles. The summed E-state index contributed by atoms with van der Waals surface area (Å²) < 4.78 is 0. The Morgan fingerprint density at radius 3 is 1.44 bits per heavy atom. The number of hydrogen-bond acceptors (Lipinski definition) is 2. The summed E-state index contributed by atoms with van der Waals surface area (Å²) in [5.74, 6) is -0.875. The molecule has 1 rings (SSSR count). The van der Waals surface area contributed by atoms with Crippen molar-refractivity contribution < 1.29 is 10.2 Å². The van der Waals surface area contributed by atoms with Gasteiger partial charge in [0.05, 0.1) is 0 Å². The monoisotopic (exact) mass is 132 g/mol. The van der Waals surface area contributed by atoms with E-state index in [2.05, 4.69) is 0 Å². The summed E-state index contributed by atoms with van der Waals surface area (Å²) in [7, 11) is 0. The van der Waals surface area contributed by atoms with Gasteiger partial charge in [0.2, 0.25) is 0 Å². The standard InChI is InChI=1S/C6H6O2.Mg/c7-5-3-1-2-4-6(5)8;/h1-4,7-8H;/q;+2/p-2. The Morgan fingerprint density at radius 1 is 0.889 bits per heavy atom. The maximum atomic E-state index is 10.3. The van der Waals surface area contributed by atoms with Crippen molar-refractivity contribution in [1.82, 2.24) is 0 Å². The first kappa shape index (κ1) is 8.59. The van der Waals surface area contributed by atoms with E-state index in [1.54, 1.807) is 12.1 Å². The van der Waals surface area contributed by atoms with Crippen LogP contribution in [0, 0.1) is 0 Å². The van der Waals surface area contributed by atoms with Crippen molar-refractivity contribution >= 4 is 23.1 Å². The van der Waals surface area contributed by atoms with E-state index in [0.29, 0.717) is 0 Å². The van der Waals surface area contributed by atoms with Gasteiger partial charge in [0.25, 0.3) is 0 Å². The van der Waals surface area contributed by atoms with Crippen LogP contribution in [0.2, 0.25) is 0 Å². The van der Waals surface area contributed by atoms with Gasteiger partial charge in [-0.25, -0.2) is 0 Å². The molecule has 0 fully saturated rings. The van der Waals surface area contributed by atoms with Crippen LogP contribution < -0.4 is 10.2 Å². The van der Waals surface area contributed by atoms with Crippen LogP contribution in [0.4, 0.5) is 0 Å². The largest absolute Gasteiger partial charge is 2.00 e. The average molecular weight is 132 g/mol. The van der Waals surface area contributed by atoms with Gasteiger partial charge in [-0.2, -0.15) is 0 Å². The molecule has 42 valence electrons. The molecule has 9 heavy (non-hydrogen) atoms. The second-order valence-corrected chi connectivity index (χ2v) is 1.45. The summed E-state index contributed by atoms with van der Waals surface area (Å²) in [6.07, 6.45) is 0. The fraction of sp³-hybridized carbons (Fsp3) is 0. The maximum absolute atomic E-state index is 10.3. The molecule has 0 unspecified atom stereocenters. The third kappa shape index (κ3) is 2.11. The minimum absolute atomic E-state index is 0. The van der Waals surface area contributed by atoms with E-state index in [9.17, 15) is 10.2 Å². The van der Waals surface area contributed by atoms with Crippen molar-refractivity contribution in [3.8, 4) is 11.5 Å². The van der Waals surface area contributed by atoms with Gasteiger partial charge < -0.3 is 10.2 Å². The van der Waals surface area contributed by atoms with Gasteiger partial charge in [-0.05, 0) is 0 Å². The van der Waals surface area contributed by atoms with Gasteiger partial charge in [-0.15, -0.1) is 11.5 Å². The van der Waals surface area contributed by atoms with E-state index in [0.717, 1.165) is 0 Å². The quantitative estimate of drug-likeness (QED) is 0.445. The predicted octanol–water partition coefficient (Wildman–Crippen LogP) is -0.547.